The zero-order valence-corrected chi connectivity index (χ0v) is 23.0. The van der Waals surface area contributed by atoms with Crippen LogP contribution < -0.4 is 19.9 Å². The van der Waals surface area contributed by atoms with Crippen LogP contribution in [0.15, 0.2) is 29.2 Å². The molecule has 1 aliphatic rings. The summed E-state index contributed by atoms with van der Waals surface area (Å²) in [7, 11) is 3.34. The van der Waals surface area contributed by atoms with Crippen LogP contribution >= 0.6 is 11.6 Å². The number of amides is 1. The molecule has 0 aliphatic carbocycles. The van der Waals surface area contributed by atoms with Crippen LogP contribution in [-0.2, 0) is 4.74 Å². The molecule has 0 unspecified atom stereocenters. The highest BCUT2D eigenvalue weighted by Gasteiger charge is 2.32. The fourth-order valence-electron chi connectivity index (χ4n) is 4.46. The molecule has 0 bridgehead atoms. The van der Waals surface area contributed by atoms with Gasteiger partial charge in [-0.15, -0.1) is 0 Å². The summed E-state index contributed by atoms with van der Waals surface area (Å²) in [5, 5.41) is 1.18. The lowest BCUT2D eigenvalue weighted by Gasteiger charge is -2.28. The van der Waals surface area contributed by atoms with Gasteiger partial charge in [-0.05, 0) is 58.7 Å². The van der Waals surface area contributed by atoms with Crippen LogP contribution in [0.1, 0.15) is 38.3 Å². The van der Waals surface area contributed by atoms with Crippen molar-refractivity contribution in [1.82, 2.24) is 14.9 Å². The second-order valence-electron chi connectivity index (χ2n) is 10.3. The van der Waals surface area contributed by atoms with E-state index in [1.54, 1.807) is 25.1 Å². The topological polar surface area (TPSA) is 97.0 Å². The molecule has 198 valence electrons. The number of fused-ring (bicyclic) bond motifs is 1. The van der Waals surface area contributed by atoms with Crippen molar-refractivity contribution in [1.29, 1.82) is 0 Å². The molecule has 10 heteroatoms. The van der Waals surface area contributed by atoms with Gasteiger partial charge in [0.15, 0.2) is 0 Å². The molecule has 1 saturated heterocycles. The number of ether oxygens (including phenoxy) is 3. The Morgan fingerprint density at radius 1 is 1.27 bits per heavy atom. The van der Waals surface area contributed by atoms with Crippen molar-refractivity contribution >= 4 is 34.3 Å². The second kappa shape index (κ2) is 10.1. The number of aromatic nitrogens is 2. The number of anilines is 1. The van der Waals surface area contributed by atoms with Crippen LogP contribution in [0.4, 0.5) is 10.6 Å². The average Bonchev–Trinajstić information content (AvgIpc) is 3.32. The molecule has 1 amide bonds. The third-order valence-electron chi connectivity index (χ3n) is 6.48. The number of hydrogen-bond donors (Lipinski definition) is 1. The van der Waals surface area contributed by atoms with Gasteiger partial charge in [0.05, 0.1) is 18.2 Å². The number of pyridine rings is 2. The van der Waals surface area contributed by atoms with Gasteiger partial charge in [0.1, 0.15) is 28.3 Å². The fraction of sp³-hybridized carbons (Fsp3) is 0.444. The Kier molecular flexibility index (Phi) is 7.28. The van der Waals surface area contributed by atoms with Gasteiger partial charge < -0.3 is 29.0 Å². The summed E-state index contributed by atoms with van der Waals surface area (Å²) >= 11 is 6.51. The van der Waals surface area contributed by atoms with E-state index in [9.17, 15) is 9.59 Å². The molecule has 2 aromatic heterocycles. The van der Waals surface area contributed by atoms with Crippen molar-refractivity contribution in [2.45, 2.75) is 52.7 Å². The SMILES string of the molecule is COc1ccc(C)c(Oc2nc(N3CC[C@@H](N(C)C(=O)OC(C)(C)C)C3)cc3c(Cl)c[nH]c(=O)c23)c1C. The van der Waals surface area contributed by atoms with E-state index < -0.39 is 5.60 Å². The van der Waals surface area contributed by atoms with Crippen LogP contribution in [0.2, 0.25) is 5.02 Å². The number of carbonyl (C=O) groups excluding carboxylic acids is 1. The van der Waals surface area contributed by atoms with Crippen LogP contribution in [0.25, 0.3) is 10.8 Å². The predicted octanol–water partition coefficient (Wildman–Crippen LogP) is 5.44. The van der Waals surface area contributed by atoms with Crippen molar-refractivity contribution in [3.05, 3.63) is 50.9 Å². The molecule has 1 fully saturated rings. The lowest BCUT2D eigenvalue weighted by atomic mass is 10.1. The monoisotopic (exact) mass is 528 g/mol. The van der Waals surface area contributed by atoms with Gasteiger partial charge in [-0.25, -0.2) is 4.79 Å². The van der Waals surface area contributed by atoms with E-state index in [2.05, 4.69) is 9.88 Å². The third kappa shape index (κ3) is 5.46. The Labute approximate surface area is 221 Å². The summed E-state index contributed by atoms with van der Waals surface area (Å²) in [5.41, 5.74) is 0.741. The van der Waals surface area contributed by atoms with Crippen LogP contribution in [0, 0.1) is 13.8 Å². The number of benzene rings is 1. The first-order valence-corrected chi connectivity index (χ1v) is 12.5. The average molecular weight is 529 g/mol. The van der Waals surface area contributed by atoms with Crippen molar-refractivity contribution in [3.63, 3.8) is 0 Å². The zero-order chi connectivity index (χ0) is 27.1. The first-order chi connectivity index (χ1) is 17.4. The molecule has 9 nitrogen and oxygen atoms in total. The molecule has 0 radical (unpaired) electrons. The highest BCUT2D eigenvalue weighted by Crippen LogP contribution is 2.38. The largest absolute Gasteiger partial charge is 0.496 e. The Hall–Kier alpha value is -3.46. The van der Waals surface area contributed by atoms with Gasteiger partial charge in [0.25, 0.3) is 5.56 Å². The number of methoxy groups -OCH3 is 1. The van der Waals surface area contributed by atoms with Gasteiger partial charge in [0.2, 0.25) is 5.88 Å². The Bertz CT molecular complexity index is 1400. The number of aryl methyl sites for hydroxylation is 1. The Balaban J connectivity index is 1.72. The maximum absolute atomic E-state index is 12.9. The fourth-order valence-corrected chi connectivity index (χ4v) is 4.67. The molecule has 1 N–H and O–H groups in total. The lowest BCUT2D eigenvalue weighted by molar-refractivity contribution is 0.0238. The number of likely N-dealkylation sites (N-methyl/N-ethyl adjacent to an activating group) is 1. The maximum Gasteiger partial charge on any atom is 0.410 e. The summed E-state index contributed by atoms with van der Waals surface area (Å²) in [5.74, 6) is 1.99. The Morgan fingerprint density at radius 2 is 2.00 bits per heavy atom. The number of nitrogens with one attached hydrogen (secondary N) is 1. The second-order valence-corrected chi connectivity index (χ2v) is 10.7. The molecule has 1 aromatic carbocycles. The standard InChI is InChI=1S/C27H33ClN4O5/c1-15-8-9-20(35-7)16(2)23(15)36-25-22-18(19(28)13-29-24(22)33)12-21(30-25)32-11-10-17(14-32)31(6)26(34)37-27(3,4)5/h8-9,12-13,17H,10-11,14H2,1-7H3,(H,29,33)/t17-/m1/s1. The van der Waals surface area contributed by atoms with Crippen LogP contribution in [-0.4, -0.2) is 59.9 Å². The molecular formula is C27H33ClN4O5. The van der Waals surface area contributed by atoms with Crippen LogP contribution in [0.3, 0.4) is 0 Å². The molecule has 0 saturated carbocycles. The van der Waals surface area contributed by atoms with Gasteiger partial charge >= 0.3 is 6.09 Å². The van der Waals surface area contributed by atoms with Crippen molar-refractivity contribution in [2.75, 3.05) is 32.1 Å². The normalized spacial score (nSPS) is 15.7. The molecule has 37 heavy (non-hydrogen) atoms. The maximum atomic E-state index is 12.9. The number of nitrogens with zero attached hydrogens (tertiary/aromatic N) is 3. The molecule has 1 aliphatic heterocycles. The van der Waals surface area contributed by atoms with E-state index in [0.29, 0.717) is 40.8 Å². The van der Waals surface area contributed by atoms with Gasteiger partial charge in [-0.1, -0.05) is 17.7 Å². The number of H-pyrrole nitrogens is 1. The van der Waals surface area contributed by atoms with Gasteiger partial charge in [0, 0.05) is 37.3 Å². The lowest BCUT2D eigenvalue weighted by Crippen LogP contribution is -2.42. The molecule has 4 rings (SSSR count). The van der Waals surface area contributed by atoms with E-state index in [-0.39, 0.29) is 29.0 Å². The number of carbonyl (C=O) groups is 1. The smallest absolute Gasteiger partial charge is 0.410 e. The summed E-state index contributed by atoms with van der Waals surface area (Å²) in [6.45, 7) is 10.6. The number of aromatic amines is 1. The van der Waals surface area contributed by atoms with E-state index >= 15 is 0 Å². The van der Waals surface area contributed by atoms with Crippen molar-refractivity contribution < 1.29 is 19.0 Å². The summed E-state index contributed by atoms with van der Waals surface area (Å²) in [6.07, 6.45) is 1.83. The third-order valence-corrected chi connectivity index (χ3v) is 6.79. The quantitative estimate of drug-likeness (QED) is 0.471. The van der Waals surface area contributed by atoms with Gasteiger partial charge in [-0.3, -0.25) is 4.79 Å². The number of halogens is 1. The highest BCUT2D eigenvalue weighted by atomic mass is 35.5. The Morgan fingerprint density at radius 3 is 2.68 bits per heavy atom. The number of hydrogen-bond acceptors (Lipinski definition) is 7. The molecule has 0 spiro atoms. The minimum Gasteiger partial charge on any atom is -0.496 e. The molecule has 3 aromatic rings. The first kappa shape index (κ1) is 26.6. The van der Waals surface area contributed by atoms with Crippen LogP contribution in [0.5, 0.6) is 17.4 Å². The highest BCUT2D eigenvalue weighted by molar-refractivity contribution is 6.35. The van der Waals surface area contributed by atoms with E-state index in [1.807, 2.05) is 46.8 Å². The van der Waals surface area contributed by atoms with Crippen molar-refractivity contribution in [3.8, 4) is 17.4 Å². The molecule has 1 atom stereocenters. The zero-order valence-electron chi connectivity index (χ0n) is 22.3. The molecule has 3 heterocycles. The van der Waals surface area contributed by atoms with Gasteiger partial charge in [-0.2, -0.15) is 4.98 Å². The van der Waals surface area contributed by atoms with Crippen molar-refractivity contribution in [2.24, 2.45) is 0 Å². The summed E-state index contributed by atoms with van der Waals surface area (Å²) in [4.78, 5) is 36.6. The van der Waals surface area contributed by atoms with E-state index in [1.165, 1.54) is 6.20 Å². The predicted molar refractivity (Wildman–Crippen MR) is 145 cm³/mol. The van der Waals surface area contributed by atoms with E-state index in [4.69, 9.17) is 30.8 Å². The summed E-state index contributed by atoms with van der Waals surface area (Å²) < 4.78 is 17.3. The first-order valence-electron chi connectivity index (χ1n) is 12.1. The minimum absolute atomic E-state index is 0.0609. The number of rotatable bonds is 5. The minimum atomic E-state index is -0.573. The molecular weight excluding hydrogens is 496 g/mol. The summed E-state index contributed by atoms with van der Waals surface area (Å²) in [6, 6.07) is 5.49. The van der Waals surface area contributed by atoms with E-state index in [0.717, 1.165) is 17.5 Å².